The van der Waals surface area contributed by atoms with Gasteiger partial charge in [0.05, 0.1) is 23.1 Å². The van der Waals surface area contributed by atoms with Crippen molar-refractivity contribution in [2.24, 2.45) is 0 Å². The van der Waals surface area contributed by atoms with Crippen molar-refractivity contribution in [1.82, 2.24) is 19.6 Å². The molecule has 9 nitrogen and oxygen atoms in total. The average Bonchev–Trinajstić information content (AvgIpc) is 3.23. The van der Waals surface area contributed by atoms with Gasteiger partial charge in [0.25, 0.3) is 0 Å². The first-order valence-corrected chi connectivity index (χ1v) is 7.95. The number of rotatable bonds is 7. The van der Waals surface area contributed by atoms with Crippen LogP contribution in [0.5, 0.6) is 5.75 Å². The molecule has 3 aromatic rings. The summed E-state index contributed by atoms with van der Waals surface area (Å²) in [5.41, 5.74) is 0.295. The highest BCUT2D eigenvalue weighted by Crippen LogP contribution is 2.25. The summed E-state index contributed by atoms with van der Waals surface area (Å²) in [6.45, 7) is -0.273. The van der Waals surface area contributed by atoms with Gasteiger partial charge >= 0.3 is 5.97 Å². The molecule has 2 heterocycles. The number of ether oxygens (including phenoxy) is 1. The summed E-state index contributed by atoms with van der Waals surface area (Å²) in [6.07, 6.45) is 4.21. The number of anilines is 1. The van der Waals surface area contributed by atoms with Crippen molar-refractivity contribution in [3.05, 3.63) is 59.4 Å². The van der Waals surface area contributed by atoms with Gasteiger partial charge < -0.3 is 15.2 Å². The van der Waals surface area contributed by atoms with E-state index >= 15 is 0 Å². The largest absolute Gasteiger partial charge is 0.477 e. The maximum Gasteiger partial charge on any atom is 0.354 e. The van der Waals surface area contributed by atoms with Gasteiger partial charge in [0.2, 0.25) is 5.91 Å². The van der Waals surface area contributed by atoms with E-state index in [9.17, 15) is 14.0 Å². The molecule has 0 radical (unpaired) electrons. The van der Waals surface area contributed by atoms with Gasteiger partial charge in [-0.3, -0.25) is 4.79 Å². The fraction of sp³-hybridized carbons (Fsp3) is 0.125. The molecule has 0 unspecified atom stereocenters. The second-order valence-electron chi connectivity index (χ2n) is 5.34. The van der Waals surface area contributed by atoms with E-state index in [0.717, 1.165) is 10.7 Å². The highest BCUT2D eigenvalue weighted by molar-refractivity contribution is 6.32. The molecule has 140 valence electrons. The van der Waals surface area contributed by atoms with Gasteiger partial charge in [0.1, 0.15) is 23.8 Å². The highest BCUT2D eigenvalue weighted by atomic mass is 35.5. The van der Waals surface area contributed by atoms with Crippen molar-refractivity contribution in [3.63, 3.8) is 0 Å². The number of nitrogens with one attached hydrogen (secondary N) is 1. The second-order valence-corrected chi connectivity index (χ2v) is 5.75. The van der Waals surface area contributed by atoms with Gasteiger partial charge in [-0.2, -0.15) is 10.2 Å². The Kier molecular flexibility index (Phi) is 5.36. The fourth-order valence-corrected chi connectivity index (χ4v) is 2.43. The van der Waals surface area contributed by atoms with Crippen LogP contribution in [0.3, 0.4) is 0 Å². The molecule has 0 atom stereocenters. The van der Waals surface area contributed by atoms with E-state index in [4.69, 9.17) is 21.4 Å². The highest BCUT2D eigenvalue weighted by Gasteiger charge is 2.13. The maximum absolute atomic E-state index is 13.0. The van der Waals surface area contributed by atoms with Gasteiger partial charge in [-0.1, -0.05) is 11.6 Å². The molecular weight excluding hydrogens is 381 g/mol. The van der Waals surface area contributed by atoms with Crippen LogP contribution in [-0.4, -0.2) is 36.5 Å². The molecule has 0 aliphatic rings. The lowest BCUT2D eigenvalue weighted by Gasteiger charge is -2.08. The lowest BCUT2D eigenvalue weighted by atomic mass is 10.3. The molecule has 2 N–H and O–H groups in total. The van der Waals surface area contributed by atoms with Crippen molar-refractivity contribution in [3.8, 4) is 5.75 Å². The van der Waals surface area contributed by atoms with E-state index in [0.29, 0.717) is 11.4 Å². The van der Waals surface area contributed by atoms with Crippen molar-refractivity contribution in [1.29, 1.82) is 0 Å². The molecular formula is C16H13ClFN5O4. The van der Waals surface area contributed by atoms with Crippen molar-refractivity contribution >= 4 is 29.2 Å². The number of halogens is 2. The summed E-state index contributed by atoms with van der Waals surface area (Å²) in [7, 11) is 0. The molecule has 1 amide bonds. The topological polar surface area (TPSA) is 111 Å². The molecule has 3 rings (SSSR count). The standard InChI is InChI=1S/C16H13ClFN5O4/c17-12-5-10(18)1-2-14(12)27-9-22-7-11(6-20-22)21-15(24)8-23-13(16(25)26)3-4-19-23/h1-7H,8-9H2,(H,21,24)(H,25,26). The molecule has 0 spiro atoms. The van der Waals surface area contributed by atoms with Crippen molar-refractivity contribution in [2.45, 2.75) is 13.3 Å². The van der Waals surface area contributed by atoms with Crippen molar-refractivity contribution < 1.29 is 23.8 Å². The van der Waals surface area contributed by atoms with Crippen LogP contribution >= 0.6 is 11.6 Å². The smallest absolute Gasteiger partial charge is 0.354 e. The van der Waals surface area contributed by atoms with Gasteiger partial charge in [0.15, 0.2) is 6.73 Å². The molecule has 0 aliphatic carbocycles. The number of hydrogen-bond donors (Lipinski definition) is 2. The van der Waals surface area contributed by atoms with E-state index in [1.807, 2.05) is 0 Å². The molecule has 0 aliphatic heterocycles. The summed E-state index contributed by atoms with van der Waals surface area (Å²) in [4.78, 5) is 23.0. The first kappa shape index (κ1) is 18.4. The first-order valence-electron chi connectivity index (χ1n) is 7.57. The maximum atomic E-state index is 13.0. The number of amides is 1. The number of nitrogens with zero attached hydrogens (tertiary/aromatic N) is 4. The minimum atomic E-state index is -1.18. The van der Waals surface area contributed by atoms with Crippen LogP contribution in [0.1, 0.15) is 10.5 Å². The van der Waals surface area contributed by atoms with Crippen LogP contribution in [0.2, 0.25) is 5.02 Å². The normalized spacial score (nSPS) is 10.6. The third-order valence-corrected chi connectivity index (χ3v) is 3.69. The lowest BCUT2D eigenvalue weighted by Crippen LogP contribution is -2.22. The van der Waals surface area contributed by atoms with Crippen LogP contribution in [0, 0.1) is 5.82 Å². The number of hydrogen-bond acceptors (Lipinski definition) is 5. The Hall–Kier alpha value is -3.40. The molecule has 0 saturated carbocycles. The first-order chi connectivity index (χ1) is 12.9. The zero-order valence-corrected chi connectivity index (χ0v) is 14.4. The molecule has 1 aromatic carbocycles. The van der Waals surface area contributed by atoms with Crippen LogP contribution < -0.4 is 10.1 Å². The molecule has 0 fully saturated rings. The van der Waals surface area contributed by atoms with Gasteiger partial charge in [-0.15, -0.1) is 0 Å². The second kappa shape index (κ2) is 7.87. The summed E-state index contributed by atoms with van der Waals surface area (Å²) in [6, 6.07) is 5.04. The molecule has 0 saturated heterocycles. The number of benzene rings is 1. The third-order valence-electron chi connectivity index (χ3n) is 3.39. The Morgan fingerprint density at radius 1 is 1.30 bits per heavy atom. The Labute approximate surface area is 156 Å². The number of aromatic nitrogens is 4. The predicted octanol–water partition coefficient (Wildman–Crippen LogP) is 2.25. The summed E-state index contributed by atoms with van der Waals surface area (Å²) < 4.78 is 20.9. The monoisotopic (exact) mass is 393 g/mol. The Bertz CT molecular complexity index is 987. The third kappa shape index (κ3) is 4.61. The summed E-state index contributed by atoms with van der Waals surface area (Å²) in [5.74, 6) is -1.83. The van der Waals surface area contributed by atoms with Crippen molar-refractivity contribution in [2.75, 3.05) is 5.32 Å². The fourth-order valence-electron chi connectivity index (χ4n) is 2.20. The molecule has 27 heavy (non-hydrogen) atoms. The Balaban J connectivity index is 1.56. The summed E-state index contributed by atoms with van der Waals surface area (Å²) in [5, 5.41) is 19.5. The van der Waals surface area contributed by atoms with E-state index < -0.39 is 17.7 Å². The van der Waals surface area contributed by atoms with Gasteiger partial charge in [-0.25, -0.2) is 18.5 Å². The van der Waals surface area contributed by atoms with Crippen LogP contribution in [0.25, 0.3) is 0 Å². The van der Waals surface area contributed by atoms with E-state index in [1.54, 1.807) is 0 Å². The van der Waals surface area contributed by atoms with E-state index in [1.165, 1.54) is 41.5 Å². The minimum absolute atomic E-state index is 0.0104. The predicted molar refractivity (Wildman–Crippen MR) is 92.1 cm³/mol. The minimum Gasteiger partial charge on any atom is -0.477 e. The van der Waals surface area contributed by atoms with Gasteiger partial charge in [0, 0.05) is 6.20 Å². The zero-order valence-electron chi connectivity index (χ0n) is 13.7. The number of carboxylic acids is 1. The zero-order chi connectivity index (χ0) is 19.4. The number of carbonyl (C=O) groups is 2. The lowest BCUT2D eigenvalue weighted by molar-refractivity contribution is -0.116. The molecule has 2 aromatic heterocycles. The van der Waals surface area contributed by atoms with E-state index in [-0.39, 0.29) is 24.0 Å². The van der Waals surface area contributed by atoms with Gasteiger partial charge in [-0.05, 0) is 24.3 Å². The van der Waals surface area contributed by atoms with E-state index in [2.05, 4.69) is 15.5 Å². The SMILES string of the molecule is O=C(Cn1nccc1C(=O)O)Nc1cnn(COc2ccc(F)cc2Cl)c1. The number of carboxylic acid groups (broad SMARTS) is 1. The Morgan fingerprint density at radius 3 is 2.85 bits per heavy atom. The number of carbonyl (C=O) groups excluding carboxylic acids is 1. The quantitative estimate of drug-likeness (QED) is 0.636. The molecule has 11 heteroatoms. The van der Waals surface area contributed by atoms with Crippen LogP contribution in [-0.2, 0) is 18.1 Å². The van der Waals surface area contributed by atoms with Crippen LogP contribution in [0.15, 0.2) is 42.9 Å². The average molecular weight is 394 g/mol. The van der Waals surface area contributed by atoms with Crippen LogP contribution in [0.4, 0.5) is 10.1 Å². The Morgan fingerprint density at radius 2 is 2.11 bits per heavy atom. The molecule has 0 bridgehead atoms. The summed E-state index contributed by atoms with van der Waals surface area (Å²) >= 11 is 5.87. The number of aromatic carboxylic acids is 1.